The molecule has 0 saturated carbocycles. The highest BCUT2D eigenvalue weighted by atomic mass is 16.5. The fourth-order valence-electron chi connectivity index (χ4n) is 3.42. The number of hydrogen-bond donors (Lipinski definition) is 2. The summed E-state index contributed by atoms with van der Waals surface area (Å²) in [7, 11) is 0. The Bertz CT molecular complexity index is 928. The first kappa shape index (κ1) is 18.6. The van der Waals surface area contributed by atoms with Crippen molar-refractivity contribution in [3.63, 3.8) is 0 Å². The molecule has 0 unspecified atom stereocenters. The van der Waals surface area contributed by atoms with Crippen LogP contribution in [0.1, 0.15) is 23.2 Å². The van der Waals surface area contributed by atoms with E-state index in [0.29, 0.717) is 19.6 Å². The highest BCUT2D eigenvalue weighted by Gasteiger charge is 2.21. The van der Waals surface area contributed by atoms with E-state index in [1.165, 1.54) is 5.56 Å². The van der Waals surface area contributed by atoms with Crippen LogP contribution in [0.2, 0.25) is 0 Å². The van der Waals surface area contributed by atoms with Gasteiger partial charge >= 0.3 is 0 Å². The van der Waals surface area contributed by atoms with Crippen LogP contribution in [0.4, 0.5) is 0 Å². The van der Waals surface area contributed by atoms with Gasteiger partial charge < -0.3 is 14.9 Å². The summed E-state index contributed by atoms with van der Waals surface area (Å²) in [5.41, 5.74) is 5.34. The van der Waals surface area contributed by atoms with Crippen molar-refractivity contribution >= 4 is 0 Å². The zero-order valence-corrected chi connectivity index (χ0v) is 15.7. The molecule has 1 aromatic heterocycles. The first-order valence-corrected chi connectivity index (χ1v) is 9.52. The third-order valence-electron chi connectivity index (χ3n) is 4.92. The zero-order valence-electron chi connectivity index (χ0n) is 15.7. The molecule has 2 N–H and O–H groups in total. The van der Waals surface area contributed by atoms with Crippen LogP contribution in [0, 0.1) is 0 Å². The smallest absolute Gasteiger partial charge is 0.152 e. The summed E-state index contributed by atoms with van der Waals surface area (Å²) in [5, 5.41) is 18.1. The Kier molecular flexibility index (Phi) is 5.67. The largest absolute Gasteiger partial charge is 0.489 e. The van der Waals surface area contributed by atoms with Gasteiger partial charge in [0, 0.05) is 31.6 Å². The lowest BCUT2D eigenvalue weighted by Gasteiger charge is -2.14. The van der Waals surface area contributed by atoms with E-state index in [1.54, 1.807) is 0 Å². The molecule has 0 saturated heterocycles. The van der Waals surface area contributed by atoms with E-state index in [4.69, 9.17) is 19.9 Å². The molecule has 2 heterocycles. The van der Waals surface area contributed by atoms with Crippen molar-refractivity contribution in [1.82, 2.24) is 9.88 Å². The lowest BCUT2D eigenvalue weighted by molar-refractivity contribution is -0.0506. The van der Waals surface area contributed by atoms with Crippen molar-refractivity contribution in [2.45, 2.75) is 32.4 Å². The van der Waals surface area contributed by atoms with Gasteiger partial charge in [0.15, 0.2) is 6.29 Å². The van der Waals surface area contributed by atoms with E-state index in [-0.39, 0.29) is 0 Å². The molecule has 3 aromatic rings. The number of rotatable bonds is 7. The van der Waals surface area contributed by atoms with E-state index in [1.807, 2.05) is 60.7 Å². The number of pyridine rings is 1. The Morgan fingerprint density at radius 2 is 1.82 bits per heavy atom. The summed E-state index contributed by atoms with van der Waals surface area (Å²) in [4.78, 5) is 7.02. The summed E-state index contributed by atoms with van der Waals surface area (Å²) in [6, 6.07) is 22.3. The van der Waals surface area contributed by atoms with Gasteiger partial charge in [0.05, 0.1) is 11.4 Å². The van der Waals surface area contributed by atoms with E-state index >= 15 is 0 Å². The molecule has 1 aliphatic rings. The fraction of sp³-hybridized carbons (Fsp3) is 0.261. The minimum absolute atomic E-state index is 0.349. The fourth-order valence-corrected chi connectivity index (χ4v) is 3.42. The average Bonchev–Trinajstić information content (AvgIpc) is 3.14. The van der Waals surface area contributed by atoms with Crippen molar-refractivity contribution in [3.8, 4) is 17.0 Å². The van der Waals surface area contributed by atoms with Crippen LogP contribution in [0.15, 0.2) is 66.7 Å². The molecule has 5 heteroatoms. The highest BCUT2D eigenvalue weighted by molar-refractivity contribution is 5.62. The Morgan fingerprint density at radius 1 is 0.964 bits per heavy atom. The molecule has 5 nitrogen and oxygen atoms in total. The normalized spacial score (nSPS) is 13.7. The van der Waals surface area contributed by atoms with Gasteiger partial charge in [0.2, 0.25) is 0 Å². The van der Waals surface area contributed by atoms with Gasteiger partial charge in [-0.15, -0.1) is 0 Å². The summed E-state index contributed by atoms with van der Waals surface area (Å²) >= 11 is 0. The SMILES string of the molecule is OC(O)CCN1Cc2ccc(-c3cccc(OCc4ccccc4)c3)nc2C1. The van der Waals surface area contributed by atoms with Crippen LogP contribution in [0.25, 0.3) is 11.3 Å². The lowest BCUT2D eigenvalue weighted by Crippen LogP contribution is -2.22. The zero-order chi connectivity index (χ0) is 19.3. The quantitative estimate of drug-likeness (QED) is 0.619. The van der Waals surface area contributed by atoms with Gasteiger partial charge in [-0.25, -0.2) is 0 Å². The Morgan fingerprint density at radius 3 is 2.64 bits per heavy atom. The van der Waals surface area contributed by atoms with Crippen molar-refractivity contribution in [2.24, 2.45) is 0 Å². The van der Waals surface area contributed by atoms with E-state index < -0.39 is 6.29 Å². The van der Waals surface area contributed by atoms with Gasteiger partial charge in [-0.2, -0.15) is 0 Å². The molecular weight excluding hydrogens is 352 g/mol. The Labute approximate surface area is 164 Å². The maximum atomic E-state index is 9.07. The number of nitrogens with zero attached hydrogens (tertiary/aromatic N) is 2. The molecule has 0 spiro atoms. The van der Waals surface area contributed by atoms with Gasteiger partial charge in [0.1, 0.15) is 12.4 Å². The first-order valence-electron chi connectivity index (χ1n) is 9.52. The molecule has 4 rings (SSSR count). The molecule has 2 aromatic carbocycles. The van der Waals surface area contributed by atoms with Crippen molar-refractivity contribution in [1.29, 1.82) is 0 Å². The maximum absolute atomic E-state index is 9.07. The van der Waals surface area contributed by atoms with Crippen LogP contribution in [0.5, 0.6) is 5.75 Å². The molecule has 0 bridgehead atoms. The van der Waals surface area contributed by atoms with Crippen molar-refractivity contribution in [2.75, 3.05) is 6.54 Å². The van der Waals surface area contributed by atoms with Gasteiger partial charge in [0.25, 0.3) is 0 Å². The monoisotopic (exact) mass is 376 g/mol. The second-order valence-corrected chi connectivity index (χ2v) is 7.08. The average molecular weight is 376 g/mol. The van der Waals surface area contributed by atoms with Gasteiger partial charge in [-0.05, 0) is 29.3 Å². The van der Waals surface area contributed by atoms with Crippen molar-refractivity contribution in [3.05, 3.63) is 83.6 Å². The summed E-state index contributed by atoms with van der Waals surface area (Å²) in [6.45, 7) is 2.72. The van der Waals surface area contributed by atoms with Crippen LogP contribution < -0.4 is 4.74 Å². The predicted octanol–water partition coefficient (Wildman–Crippen LogP) is 3.34. The minimum Gasteiger partial charge on any atom is -0.489 e. The summed E-state index contributed by atoms with van der Waals surface area (Å²) in [6.07, 6.45) is -0.910. The molecule has 0 aliphatic carbocycles. The summed E-state index contributed by atoms with van der Waals surface area (Å²) < 4.78 is 5.93. The molecule has 0 atom stereocenters. The second-order valence-electron chi connectivity index (χ2n) is 7.08. The van der Waals surface area contributed by atoms with Gasteiger partial charge in [-0.3, -0.25) is 9.88 Å². The Hall–Kier alpha value is -2.73. The number of ether oxygens (including phenoxy) is 1. The highest BCUT2D eigenvalue weighted by Crippen LogP contribution is 2.27. The van der Waals surface area contributed by atoms with Crippen molar-refractivity contribution < 1.29 is 14.9 Å². The molecular formula is C23H24N2O3. The Balaban J connectivity index is 1.45. The van der Waals surface area contributed by atoms with Crippen LogP contribution >= 0.6 is 0 Å². The van der Waals surface area contributed by atoms with Gasteiger partial charge in [-0.1, -0.05) is 48.5 Å². The first-order chi connectivity index (χ1) is 13.7. The minimum atomic E-state index is -1.26. The molecule has 0 fully saturated rings. The molecule has 28 heavy (non-hydrogen) atoms. The number of aliphatic hydroxyl groups is 2. The third-order valence-corrected chi connectivity index (χ3v) is 4.92. The number of fused-ring (bicyclic) bond motifs is 1. The number of aliphatic hydroxyl groups excluding tert-OH is 1. The molecule has 0 radical (unpaired) electrons. The predicted molar refractivity (Wildman–Crippen MR) is 107 cm³/mol. The van der Waals surface area contributed by atoms with Crippen LogP contribution in [-0.4, -0.2) is 32.9 Å². The second kappa shape index (κ2) is 8.52. The van der Waals surface area contributed by atoms with E-state index in [9.17, 15) is 0 Å². The number of hydrogen-bond acceptors (Lipinski definition) is 5. The molecule has 144 valence electrons. The number of benzene rings is 2. The van der Waals surface area contributed by atoms with Crippen LogP contribution in [0.3, 0.4) is 0 Å². The maximum Gasteiger partial charge on any atom is 0.152 e. The lowest BCUT2D eigenvalue weighted by atomic mass is 10.1. The number of aromatic nitrogens is 1. The summed E-state index contributed by atoms with van der Waals surface area (Å²) in [5.74, 6) is 0.821. The standard InChI is InChI=1S/C23H24N2O3/c26-23(27)11-12-25-14-19-9-10-21(24-22(19)15-25)18-7-4-8-20(13-18)28-16-17-5-2-1-3-6-17/h1-10,13,23,26-27H,11-12,14-16H2. The van der Waals surface area contributed by atoms with E-state index in [2.05, 4.69) is 11.0 Å². The van der Waals surface area contributed by atoms with Crippen LogP contribution in [-0.2, 0) is 19.7 Å². The van der Waals surface area contributed by atoms with E-state index in [0.717, 1.165) is 41.4 Å². The molecule has 1 aliphatic heterocycles. The topological polar surface area (TPSA) is 65.8 Å². The molecule has 0 amide bonds. The third kappa shape index (κ3) is 4.57.